The van der Waals surface area contributed by atoms with Gasteiger partial charge < -0.3 is 4.90 Å². The van der Waals surface area contributed by atoms with E-state index in [0.717, 1.165) is 30.8 Å². The first kappa shape index (κ1) is 13.8. The Morgan fingerprint density at radius 1 is 1.16 bits per heavy atom. The van der Waals surface area contributed by atoms with Gasteiger partial charge in [0.25, 0.3) is 0 Å². The smallest absolute Gasteiger partial charge is 0.163 e. The minimum absolute atomic E-state index is 0.479. The number of hydrogen-bond acceptors (Lipinski definition) is 3. The first-order chi connectivity index (χ1) is 9.20. The number of halogens is 1. The molecule has 0 amide bonds. The maximum absolute atomic E-state index is 6.10. The van der Waals surface area contributed by atoms with Crippen molar-refractivity contribution in [2.24, 2.45) is 0 Å². The molecule has 0 saturated carbocycles. The van der Waals surface area contributed by atoms with Crippen molar-refractivity contribution >= 4 is 17.4 Å². The fourth-order valence-corrected chi connectivity index (χ4v) is 2.01. The fraction of sp³-hybridized carbons (Fsp3) is 0.333. The highest BCUT2D eigenvalue weighted by atomic mass is 35.5. The summed E-state index contributed by atoms with van der Waals surface area (Å²) in [4.78, 5) is 11.0. The van der Waals surface area contributed by atoms with Gasteiger partial charge in [0.05, 0.1) is 0 Å². The first-order valence-electron chi connectivity index (χ1n) is 6.52. The van der Waals surface area contributed by atoms with Crippen LogP contribution in [0.5, 0.6) is 0 Å². The van der Waals surface area contributed by atoms with Gasteiger partial charge >= 0.3 is 0 Å². The van der Waals surface area contributed by atoms with Crippen LogP contribution in [-0.2, 0) is 0 Å². The SMILES string of the molecule is CCCCN(C)c1cc(Cl)nc(-c2ccccc2)n1. The molecular weight excluding hydrogens is 258 g/mol. The summed E-state index contributed by atoms with van der Waals surface area (Å²) < 4.78 is 0. The summed E-state index contributed by atoms with van der Waals surface area (Å²) in [6, 6.07) is 11.7. The molecule has 4 heteroatoms. The minimum Gasteiger partial charge on any atom is -0.360 e. The largest absolute Gasteiger partial charge is 0.360 e. The Morgan fingerprint density at radius 3 is 2.58 bits per heavy atom. The Balaban J connectivity index is 2.29. The van der Waals surface area contributed by atoms with Crippen LogP contribution in [0.25, 0.3) is 11.4 Å². The molecule has 3 nitrogen and oxygen atoms in total. The van der Waals surface area contributed by atoms with Crippen molar-refractivity contribution in [3.63, 3.8) is 0 Å². The Labute approximate surface area is 119 Å². The van der Waals surface area contributed by atoms with Gasteiger partial charge in [-0.3, -0.25) is 0 Å². The minimum atomic E-state index is 0.479. The second kappa shape index (κ2) is 6.53. The fourth-order valence-electron chi connectivity index (χ4n) is 1.83. The first-order valence-corrected chi connectivity index (χ1v) is 6.89. The van der Waals surface area contributed by atoms with Crippen LogP contribution in [0, 0.1) is 0 Å². The quantitative estimate of drug-likeness (QED) is 0.772. The molecule has 0 unspecified atom stereocenters. The number of rotatable bonds is 5. The Hall–Kier alpha value is -1.61. The van der Waals surface area contributed by atoms with E-state index in [-0.39, 0.29) is 0 Å². The number of aromatic nitrogens is 2. The van der Waals surface area contributed by atoms with E-state index in [2.05, 4.69) is 21.8 Å². The molecule has 1 aromatic heterocycles. The zero-order chi connectivity index (χ0) is 13.7. The molecule has 0 bridgehead atoms. The average Bonchev–Trinajstić information content (AvgIpc) is 2.45. The zero-order valence-electron chi connectivity index (χ0n) is 11.3. The molecule has 0 N–H and O–H groups in total. The van der Waals surface area contributed by atoms with E-state index in [4.69, 9.17) is 11.6 Å². The van der Waals surface area contributed by atoms with Gasteiger partial charge in [-0.15, -0.1) is 0 Å². The predicted molar refractivity (Wildman–Crippen MR) is 80.7 cm³/mol. The molecule has 0 saturated heterocycles. The molecule has 0 aliphatic carbocycles. The zero-order valence-corrected chi connectivity index (χ0v) is 12.1. The molecule has 2 rings (SSSR count). The Kier molecular flexibility index (Phi) is 4.74. The van der Waals surface area contributed by atoms with Crippen LogP contribution in [0.1, 0.15) is 19.8 Å². The Morgan fingerprint density at radius 2 is 1.89 bits per heavy atom. The predicted octanol–water partition coefficient (Wildman–Crippen LogP) is 4.03. The molecular formula is C15H18ClN3. The van der Waals surface area contributed by atoms with Crippen molar-refractivity contribution in [1.29, 1.82) is 0 Å². The van der Waals surface area contributed by atoms with Crippen molar-refractivity contribution in [3.8, 4) is 11.4 Å². The van der Waals surface area contributed by atoms with Crippen molar-refractivity contribution in [2.45, 2.75) is 19.8 Å². The lowest BCUT2D eigenvalue weighted by atomic mass is 10.2. The van der Waals surface area contributed by atoms with Crippen LogP contribution in [-0.4, -0.2) is 23.6 Å². The lowest BCUT2D eigenvalue weighted by Gasteiger charge is -2.18. The second-order valence-corrected chi connectivity index (χ2v) is 4.90. The molecule has 2 aromatic rings. The van der Waals surface area contributed by atoms with Crippen LogP contribution in [0.15, 0.2) is 36.4 Å². The molecule has 0 spiro atoms. The number of hydrogen-bond donors (Lipinski definition) is 0. The molecule has 19 heavy (non-hydrogen) atoms. The average molecular weight is 276 g/mol. The summed E-state index contributed by atoms with van der Waals surface area (Å²) in [6.45, 7) is 3.15. The lowest BCUT2D eigenvalue weighted by molar-refractivity contribution is 0.759. The van der Waals surface area contributed by atoms with Crippen LogP contribution < -0.4 is 4.90 Å². The van der Waals surface area contributed by atoms with Crippen LogP contribution in [0.4, 0.5) is 5.82 Å². The van der Waals surface area contributed by atoms with E-state index in [0.29, 0.717) is 11.0 Å². The van der Waals surface area contributed by atoms with E-state index in [1.165, 1.54) is 0 Å². The van der Waals surface area contributed by atoms with E-state index < -0.39 is 0 Å². The van der Waals surface area contributed by atoms with Gasteiger partial charge in [0.1, 0.15) is 11.0 Å². The molecule has 100 valence electrons. The van der Waals surface area contributed by atoms with Gasteiger partial charge in [-0.2, -0.15) is 0 Å². The van der Waals surface area contributed by atoms with Gasteiger partial charge in [0, 0.05) is 25.2 Å². The van der Waals surface area contributed by atoms with E-state index in [1.54, 1.807) is 0 Å². The second-order valence-electron chi connectivity index (χ2n) is 4.51. The summed E-state index contributed by atoms with van der Waals surface area (Å²) in [5.74, 6) is 1.54. The molecule has 0 aliphatic heterocycles. The van der Waals surface area contributed by atoms with Gasteiger partial charge in [0.15, 0.2) is 5.82 Å². The summed E-state index contributed by atoms with van der Waals surface area (Å²) in [5.41, 5.74) is 0.982. The van der Waals surface area contributed by atoms with Crippen LogP contribution >= 0.6 is 11.6 Å². The number of unbranched alkanes of at least 4 members (excludes halogenated alkanes) is 1. The van der Waals surface area contributed by atoms with Crippen molar-refractivity contribution in [2.75, 3.05) is 18.5 Å². The summed E-state index contributed by atoms with van der Waals surface area (Å²) in [5, 5.41) is 0.479. The van der Waals surface area contributed by atoms with E-state index >= 15 is 0 Å². The van der Waals surface area contributed by atoms with Crippen LogP contribution in [0.3, 0.4) is 0 Å². The molecule has 0 fully saturated rings. The maximum atomic E-state index is 6.10. The summed E-state index contributed by atoms with van der Waals surface area (Å²) in [6.07, 6.45) is 2.30. The third-order valence-electron chi connectivity index (χ3n) is 2.95. The monoisotopic (exact) mass is 275 g/mol. The van der Waals surface area contributed by atoms with Gasteiger partial charge in [-0.1, -0.05) is 55.3 Å². The topological polar surface area (TPSA) is 29.0 Å². The molecule has 1 aromatic carbocycles. The highest BCUT2D eigenvalue weighted by Crippen LogP contribution is 2.21. The molecule has 0 aliphatic rings. The Bertz CT molecular complexity index is 528. The van der Waals surface area contributed by atoms with Crippen molar-refractivity contribution < 1.29 is 0 Å². The highest BCUT2D eigenvalue weighted by Gasteiger charge is 2.08. The third-order valence-corrected chi connectivity index (χ3v) is 3.15. The third kappa shape index (κ3) is 3.67. The normalized spacial score (nSPS) is 10.5. The summed E-state index contributed by atoms with van der Waals surface area (Å²) >= 11 is 6.10. The van der Waals surface area contributed by atoms with Crippen LogP contribution in [0.2, 0.25) is 5.15 Å². The highest BCUT2D eigenvalue weighted by molar-refractivity contribution is 6.29. The number of nitrogens with zero attached hydrogens (tertiary/aromatic N) is 3. The van der Waals surface area contributed by atoms with Crippen molar-refractivity contribution in [3.05, 3.63) is 41.6 Å². The van der Waals surface area contributed by atoms with Gasteiger partial charge in [0.2, 0.25) is 0 Å². The molecule has 1 heterocycles. The molecule has 0 atom stereocenters. The number of anilines is 1. The van der Waals surface area contributed by atoms with Gasteiger partial charge in [-0.05, 0) is 6.42 Å². The standard InChI is InChI=1S/C15H18ClN3/c1-3-4-10-19(2)14-11-13(16)17-15(18-14)12-8-6-5-7-9-12/h5-9,11H,3-4,10H2,1-2H3. The maximum Gasteiger partial charge on any atom is 0.163 e. The van der Waals surface area contributed by atoms with Crippen molar-refractivity contribution in [1.82, 2.24) is 9.97 Å². The van der Waals surface area contributed by atoms with E-state index in [9.17, 15) is 0 Å². The van der Waals surface area contributed by atoms with Gasteiger partial charge in [-0.25, -0.2) is 9.97 Å². The lowest BCUT2D eigenvalue weighted by Crippen LogP contribution is -2.20. The summed E-state index contributed by atoms with van der Waals surface area (Å²) in [7, 11) is 2.03. The number of benzene rings is 1. The van der Waals surface area contributed by atoms with E-state index in [1.807, 2.05) is 43.4 Å². The molecule has 0 radical (unpaired) electrons.